The fraction of sp³-hybridized carbons (Fsp3) is 0.222. The van der Waals surface area contributed by atoms with Crippen LogP contribution in [-0.2, 0) is 0 Å². The number of nitrogens with two attached hydrogens (primary N) is 2. The number of rotatable bonds is 3. The summed E-state index contributed by atoms with van der Waals surface area (Å²) in [6, 6.07) is 3.20. The number of Topliss-reactive ketones (excluding diaryl/α,β-unsaturated/α-hetero) is 1. The molecule has 76 valence electrons. The first-order chi connectivity index (χ1) is 6.60. The fourth-order valence-corrected chi connectivity index (χ4v) is 1.75. The number of methoxy groups -OCH3 is 1. The smallest absolute Gasteiger partial charge is 0.176 e. The molecule has 0 aliphatic heterocycles. The van der Waals surface area contributed by atoms with Crippen LogP contribution in [0.1, 0.15) is 10.4 Å². The SMILES string of the molecule is COc1c(N)cc(C(=O)CN)cc1Br. The Labute approximate surface area is 90.3 Å². The number of hydrogen-bond donors (Lipinski definition) is 2. The van der Waals surface area contributed by atoms with Gasteiger partial charge >= 0.3 is 0 Å². The van der Waals surface area contributed by atoms with Crippen molar-refractivity contribution in [3.63, 3.8) is 0 Å². The Morgan fingerprint density at radius 3 is 2.64 bits per heavy atom. The Morgan fingerprint density at radius 2 is 2.21 bits per heavy atom. The van der Waals surface area contributed by atoms with Gasteiger partial charge in [0.05, 0.1) is 23.8 Å². The summed E-state index contributed by atoms with van der Waals surface area (Å²) in [7, 11) is 1.51. The summed E-state index contributed by atoms with van der Waals surface area (Å²) in [5, 5.41) is 0. The topological polar surface area (TPSA) is 78.3 Å². The Balaban J connectivity index is 3.20. The van der Waals surface area contributed by atoms with E-state index in [0.717, 1.165) is 0 Å². The van der Waals surface area contributed by atoms with E-state index in [0.29, 0.717) is 21.5 Å². The van der Waals surface area contributed by atoms with Gasteiger partial charge in [0, 0.05) is 5.56 Å². The van der Waals surface area contributed by atoms with Crippen LogP contribution in [0.25, 0.3) is 0 Å². The van der Waals surface area contributed by atoms with E-state index < -0.39 is 0 Å². The van der Waals surface area contributed by atoms with Crippen molar-refractivity contribution in [1.29, 1.82) is 0 Å². The van der Waals surface area contributed by atoms with E-state index in [1.807, 2.05) is 0 Å². The highest BCUT2D eigenvalue weighted by Crippen LogP contribution is 2.32. The van der Waals surface area contributed by atoms with Gasteiger partial charge in [0.1, 0.15) is 0 Å². The normalized spacial score (nSPS) is 9.93. The minimum Gasteiger partial charge on any atom is -0.493 e. The van der Waals surface area contributed by atoms with Crippen molar-refractivity contribution < 1.29 is 9.53 Å². The van der Waals surface area contributed by atoms with Crippen molar-refractivity contribution in [1.82, 2.24) is 0 Å². The van der Waals surface area contributed by atoms with Crippen LogP contribution < -0.4 is 16.2 Å². The molecule has 0 aromatic heterocycles. The number of hydrogen-bond acceptors (Lipinski definition) is 4. The van der Waals surface area contributed by atoms with Crippen molar-refractivity contribution in [2.75, 3.05) is 19.4 Å². The minimum absolute atomic E-state index is 0.0296. The van der Waals surface area contributed by atoms with Crippen LogP contribution in [-0.4, -0.2) is 19.4 Å². The zero-order valence-electron chi connectivity index (χ0n) is 7.71. The lowest BCUT2D eigenvalue weighted by Crippen LogP contribution is -2.14. The largest absolute Gasteiger partial charge is 0.493 e. The number of carbonyl (C=O) groups is 1. The Kier molecular flexibility index (Phi) is 3.49. The second kappa shape index (κ2) is 4.43. The van der Waals surface area contributed by atoms with Crippen LogP contribution in [0.5, 0.6) is 5.75 Å². The van der Waals surface area contributed by atoms with Gasteiger partial charge in [0.25, 0.3) is 0 Å². The number of carbonyl (C=O) groups excluding carboxylic acids is 1. The number of benzene rings is 1. The van der Waals surface area contributed by atoms with Gasteiger partial charge in [-0.3, -0.25) is 4.79 Å². The van der Waals surface area contributed by atoms with Gasteiger partial charge in [-0.25, -0.2) is 0 Å². The van der Waals surface area contributed by atoms with E-state index in [1.54, 1.807) is 12.1 Å². The molecule has 0 heterocycles. The van der Waals surface area contributed by atoms with Crippen LogP contribution in [0.15, 0.2) is 16.6 Å². The second-order valence-corrected chi connectivity index (χ2v) is 3.56. The molecule has 5 heteroatoms. The van der Waals surface area contributed by atoms with Crippen LogP contribution in [0.4, 0.5) is 5.69 Å². The molecule has 0 aliphatic rings. The first-order valence-electron chi connectivity index (χ1n) is 3.96. The predicted octanol–water partition coefficient (Wildman–Crippen LogP) is 1.18. The molecule has 0 aliphatic carbocycles. The number of ketones is 1. The minimum atomic E-state index is -0.153. The van der Waals surface area contributed by atoms with Gasteiger partial charge in [-0.2, -0.15) is 0 Å². The summed E-state index contributed by atoms with van der Waals surface area (Å²) in [5.74, 6) is 0.374. The highest BCUT2D eigenvalue weighted by atomic mass is 79.9. The molecular weight excluding hydrogens is 248 g/mol. The standard InChI is InChI=1S/C9H11BrN2O2/c1-14-9-6(10)2-5(3-7(9)12)8(13)4-11/h2-3H,4,11-12H2,1H3. The molecule has 0 saturated heterocycles. The summed E-state index contributed by atoms with van der Waals surface area (Å²) in [5.41, 5.74) is 11.8. The van der Waals surface area contributed by atoms with E-state index in [9.17, 15) is 4.79 Å². The highest BCUT2D eigenvalue weighted by Gasteiger charge is 2.10. The second-order valence-electron chi connectivity index (χ2n) is 2.71. The number of anilines is 1. The van der Waals surface area contributed by atoms with Crippen LogP contribution in [0, 0.1) is 0 Å². The van der Waals surface area contributed by atoms with Gasteiger partial charge in [0.2, 0.25) is 0 Å². The molecule has 0 spiro atoms. The van der Waals surface area contributed by atoms with Crippen molar-refractivity contribution in [3.8, 4) is 5.75 Å². The molecule has 0 saturated carbocycles. The van der Waals surface area contributed by atoms with E-state index in [-0.39, 0.29) is 12.3 Å². The van der Waals surface area contributed by atoms with Crippen LogP contribution >= 0.6 is 15.9 Å². The molecule has 1 rings (SSSR count). The summed E-state index contributed by atoms with van der Waals surface area (Å²) < 4.78 is 5.68. The zero-order valence-corrected chi connectivity index (χ0v) is 9.30. The molecule has 0 radical (unpaired) electrons. The fourth-order valence-electron chi connectivity index (χ4n) is 1.11. The Bertz CT molecular complexity index is 343. The quantitative estimate of drug-likeness (QED) is 0.631. The number of halogens is 1. The number of nitrogen functional groups attached to an aromatic ring is 1. The Hall–Kier alpha value is -1.07. The molecule has 0 bridgehead atoms. The first-order valence-corrected chi connectivity index (χ1v) is 4.75. The molecule has 0 fully saturated rings. The summed E-state index contributed by atoms with van der Waals surface area (Å²) in [4.78, 5) is 11.3. The van der Waals surface area contributed by atoms with Gasteiger partial charge in [-0.1, -0.05) is 0 Å². The lowest BCUT2D eigenvalue weighted by atomic mass is 10.1. The molecule has 4 N–H and O–H groups in total. The van der Waals surface area contributed by atoms with Crippen molar-refractivity contribution in [2.45, 2.75) is 0 Å². The Morgan fingerprint density at radius 1 is 1.57 bits per heavy atom. The van der Waals surface area contributed by atoms with Gasteiger partial charge < -0.3 is 16.2 Å². The molecule has 0 amide bonds. The molecule has 14 heavy (non-hydrogen) atoms. The monoisotopic (exact) mass is 258 g/mol. The zero-order chi connectivity index (χ0) is 10.7. The van der Waals surface area contributed by atoms with Crippen LogP contribution in [0.2, 0.25) is 0 Å². The van der Waals surface area contributed by atoms with E-state index >= 15 is 0 Å². The lowest BCUT2D eigenvalue weighted by molar-refractivity contribution is 0.100. The average Bonchev–Trinajstić information content (AvgIpc) is 2.16. The van der Waals surface area contributed by atoms with Gasteiger partial charge in [0.15, 0.2) is 11.5 Å². The molecule has 1 aromatic carbocycles. The van der Waals surface area contributed by atoms with Gasteiger partial charge in [-0.15, -0.1) is 0 Å². The van der Waals surface area contributed by atoms with Crippen molar-refractivity contribution in [2.24, 2.45) is 5.73 Å². The van der Waals surface area contributed by atoms with Gasteiger partial charge in [-0.05, 0) is 28.1 Å². The van der Waals surface area contributed by atoms with Crippen LogP contribution in [0.3, 0.4) is 0 Å². The first kappa shape index (κ1) is 11.0. The van der Waals surface area contributed by atoms with E-state index in [2.05, 4.69) is 15.9 Å². The summed E-state index contributed by atoms with van der Waals surface area (Å²) in [6.07, 6.45) is 0. The molecule has 4 nitrogen and oxygen atoms in total. The van der Waals surface area contributed by atoms with E-state index in [4.69, 9.17) is 16.2 Å². The van der Waals surface area contributed by atoms with Crippen molar-refractivity contribution >= 4 is 27.4 Å². The third-order valence-electron chi connectivity index (χ3n) is 1.78. The third kappa shape index (κ3) is 2.05. The summed E-state index contributed by atoms with van der Waals surface area (Å²) in [6.45, 7) is -0.0296. The lowest BCUT2D eigenvalue weighted by Gasteiger charge is -2.08. The molecule has 1 aromatic rings. The number of ether oxygens (including phenoxy) is 1. The highest BCUT2D eigenvalue weighted by molar-refractivity contribution is 9.10. The maximum Gasteiger partial charge on any atom is 0.176 e. The third-order valence-corrected chi connectivity index (χ3v) is 2.37. The maximum absolute atomic E-state index is 11.3. The summed E-state index contributed by atoms with van der Waals surface area (Å²) >= 11 is 3.26. The average molecular weight is 259 g/mol. The van der Waals surface area contributed by atoms with E-state index in [1.165, 1.54) is 7.11 Å². The van der Waals surface area contributed by atoms with Crippen molar-refractivity contribution in [3.05, 3.63) is 22.2 Å². The molecule has 0 atom stereocenters. The maximum atomic E-state index is 11.3. The predicted molar refractivity (Wildman–Crippen MR) is 58.5 cm³/mol. The molecular formula is C9H11BrN2O2. The molecule has 0 unspecified atom stereocenters.